The number of rotatable bonds is 9. The molecule has 0 aromatic heterocycles. The van der Waals surface area contributed by atoms with Crippen molar-refractivity contribution in [3.8, 4) is 0 Å². The number of hydrogen-bond donors (Lipinski definition) is 1. The highest BCUT2D eigenvalue weighted by atomic mass is 16.6. The van der Waals surface area contributed by atoms with Crippen molar-refractivity contribution >= 4 is 5.78 Å². The van der Waals surface area contributed by atoms with Crippen LogP contribution in [0.1, 0.15) is 6.92 Å². The highest BCUT2D eigenvalue weighted by molar-refractivity contribution is 5.77. The van der Waals surface area contributed by atoms with E-state index in [-0.39, 0.29) is 12.6 Å². The van der Waals surface area contributed by atoms with Crippen LogP contribution in [-0.4, -0.2) is 62.5 Å². The second-order valence-corrected chi connectivity index (χ2v) is 3.09. The van der Waals surface area contributed by atoms with Crippen molar-refractivity contribution in [1.29, 1.82) is 0 Å². The summed E-state index contributed by atoms with van der Waals surface area (Å²) in [6.45, 7) is 3.90. The summed E-state index contributed by atoms with van der Waals surface area (Å²) < 4.78 is 9.87. The summed E-state index contributed by atoms with van der Waals surface area (Å²) in [6, 6.07) is 0. The van der Waals surface area contributed by atoms with Gasteiger partial charge in [-0.05, 0) is 14.0 Å². The molecule has 0 unspecified atom stereocenters. The van der Waals surface area contributed by atoms with Gasteiger partial charge in [0.25, 0.3) is 0 Å². The van der Waals surface area contributed by atoms with Gasteiger partial charge in [0.15, 0.2) is 0 Å². The van der Waals surface area contributed by atoms with Crippen LogP contribution in [0.3, 0.4) is 0 Å². The van der Waals surface area contributed by atoms with Crippen molar-refractivity contribution in [3.63, 3.8) is 0 Å². The molecule has 0 saturated heterocycles. The molecule has 0 bridgehead atoms. The van der Waals surface area contributed by atoms with Gasteiger partial charge in [0.05, 0.1) is 26.4 Å². The average molecular weight is 205 g/mol. The first kappa shape index (κ1) is 13.5. The first-order chi connectivity index (χ1) is 6.66. The minimum Gasteiger partial charge on any atom is -0.378 e. The molecule has 1 N–H and O–H groups in total. The standard InChI is InChI=1S/C9H19NO4/c1-9(12)7-10(2)3-4-13-5-6-14-8-11/h11H,3-8H2,1-2H3. The Morgan fingerprint density at radius 3 is 2.50 bits per heavy atom. The fraction of sp³-hybridized carbons (Fsp3) is 0.889. The normalized spacial score (nSPS) is 10.9. The summed E-state index contributed by atoms with van der Waals surface area (Å²) in [4.78, 5) is 12.6. The molecule has 5 heteroatoms. The number of ether oxygens (including phenoxy) is 2. The molecule has 0 aliphatic heterocycles. The lowest BCUT2D eigenvalue weighted by Gasteiger charge is -2.14. The van der Waals surface area contributed by atoms with E-state index in [0.717, 1.165) is 6.54 Å². The first-order valence-electron chi connectivity index (χ1n) is 4.61. The fourth-order valence-corrected chi connectivity index (χ4v) is 0.964. The third kappa shape index (κ3) is 9.60. The summed E-state index contributed by atoms with van der Waals surface area (Å²) in [5.74, 6) is 0.149. The molecule has 5 nitrogen and oxygen atoms in total. The molecular formula is C9H19NO4. The number of nitrogens with zero attached hydrogens (tertiary/aromatic N) is 1. The van der Waals surface area contributed by atoms with Crippen LogP contribution < -0.4 is 0 Å². The molecule has 0 aromatic rings. The summed E-state index contributed by atoms with van der Waals surface area (Å²) in [6.07, 6.45) is 0. The Bertz CT molecular complexity index is 152. The minimum absolute atomic E-state index is 0.149. The predicted octanol–water partition coefficient (Wildman–Crippen LogP) is -0.510. The first-order valence-corrected chi connectivity index (χ1v) is 4.61. The van der Waals surface area contributed by atoms with Gasteiger partial charge in [0, 0.05) is 6.54 Å². The Hall–Kier alpha value is -0.490. The van der Waals surface area contributed by atoms with E-state index in [2.05, 4.69) is 4.74 Å². The predicted molar refractivity (Wildman–Crippen MR) is 52.0 cm³/mol. The zero-order chi connectivity index (χ0) is 10.8. The molecule has 0 rings (SSSR count). The van der Waals surface area contributed by atoms with E-state index in [1.807, 2.05) is 11.9 Å². The van der Waals surface area contributed by atoms with E-state index in [1.54, 1.807) is 6.92 Å². The van der Waals surface area contributed by atoms with Crippen molar-refractivity contribution in [2.24, 2.45) is 0 Å². The van der Waals surface area contributed by atoms with Gasteiger partial charge in [-0.3, -0.25) is 9.69 Å². The summed E-state index contributed by atoms with van der Waals surface area (Å²) in [5.41, 5.74) is 0. The third-order valence-electron chi connectivity index (χ3n) is 1.57. The number of Topliss-reactive ketones (excluding diaryl/α,β-unsaturated/α-hetero) is 1. The molecule has 0 heterocycles. The molecule has 0 aliphatic rings. The Morgan fingerprint density at radius 2 is 1.93 bits per heavy atom. The van der Waals surface area contributed by atoms with Gasteiger partial charge in [0.1, 0.15) is 12.6 Å². The summed E-state index contributed by atoms with van der Waals surface area (Å²) >= 11 is 0. The van der Waals surface area contributed by atoms with Crippen LogP contribution in [-0.2, 0) is 14.3 Å². The van der Waals surface area contributed by atoms with Crippen molar-refractivity contribution in [1.82, 2.24) is 4.90 Å². The van der Waals surface area contributed by atoms with E-state index < -0.39 is 0 Å². The molecule has 14 heavy (non-hydrogen) atoms. The van der Waals surface area contributed by atoms with Crippen LogP contribution in [0.5, 0.6) is 0 Å². The van der Waals surface area contributed by atoms with Gasteiger partial charge in [0.2, 0.25) is 0 Å². The fourth-order valence-electron chi connectivity index (χ4n) is 0.964. The lowest BCUT2D eigenvalue weighted by atomic mass is 10.4. The van der Waals surface area contributed by atoms with Crippen molar-refractivity contribution in [2.75, 3.05) is 46.8 Å². The highest BCUT2D eigenvalue weighted by Crippen LogP contribution is 1.84. The van der Waals surface area contributed by atoms with Crippen LogP contribution in [0.25, 0.3) is 0 Å². The van der Waals surface area contributed by atoms with Gasteiger partial charge < -0.3 is 14.6 Å². The molecule has 0 spiro atoms. The van der Waals surface area contributed by atoms with E-state index in [0.29, 0.717) is 26.4 Å². The van der Waals surface area contributed by atoms with Crippen LogP contribution in [0.2, 0.25) is 0 Å². The molecule has 0 aliphatic carbocycles. The quantitative estimate of drug-likeness (QED) is 0.406. The van der Waals surface area contributed by atoms with Crippen LogP contribution >= 0.6 is 0 Å². The number of carbonyl (C=O) groups excluding carboxylic acids is 1. The molecule has 0 saturated carbocycles. The van der Waals surface area contributed by atoms with E-state index >= 15 is 0 Å². The number of ketones is 1. The molecule has 0 atom stereocenters. The van der Waals surface area contributed by atoms with Crippen LogP contribution in [0.4, 0.5) is 0 Å². The maximum atomic E-state index is 10.7. The average Bonchev–Trinajstić information content (AvgIpc) is 2.10. The zero-order valence-electron chi connectivity index (χ0n) is 8.86. The zero-order valence-corrected chi connectivity index (χ0v) is 8.86. The molecule has 84 valence electrons. The topological polar surface area (TPSA) is 59.0 Å². The molecule has 0 fully saturated rings. The smallest absolute Gasteiger partial charge is 0.143 e. The highest BCUT2D eigenvalue weighted by Gasteiger charge is 2.00. The Balaban J connectivity index is 3.14. The lowest BCUT2D eigenvalue weighted by Crippen LogP contribution is -2.28. The maximum absolute atomic E-state index is 10.7. The van der Waals surface area contributed by atoms with Gasteiger partial charge in [-0.1, -0.05) is 0 Å². The maximum Gasteiger partial charge on any atom is 0.143 e. The van der Waals surface area contributed by atoms with Gasteiger partial charge in [-0.25, -0.2) is 0 Å². The Kier molecular flexibility index (Phi) is 8.76. The second-order valence-electron chi connectivity index (χ2n) is 3.09. The Morgan fingerprint density at radius 1 is 1.29 bits per heavy atom. The van der Waals surface area contributed by atoms with Crippen molar-refractivity contribution in [2.45, 2.75) is 6.92 Å². The van der Waals surface area contributed by atoms with Gasteiger partial charge in [-0.2, -0.15) is 0 Å². The van der Waals surface area contributed by atoms with Crippen molar-refractivity contribution in [3.05, 3.63) is 0 Å². The van der Waals surface area contributed by atoms with Gasteiger partial charge >= 0.3 is 0 Å². The number of carbonyl (C=O) groups is 1. The lowest BCUT2D eigenvalue weighted by molar-refractivity contribution is -0.118. The van der Waals surface area contributed by atoms with E-state index in [1.165, 1.54) is 0 Å². The third-order valence-corrected chi connectivity index (χ3v) is 1.57. The number of hydrogen-bond acceptors (Lipinski definition) is 5. The molecule has 0 amide bonds. The largest absolute Gasteiger partial charge is 0.378 e. The monoisotopic (exact) mass is 205 g/mol. The minimum atomic E-state index is -0.270. The molecular weight excluding hydrogens is 186 g/mol. The van der Waals surface area contributed by atoms with E-state index in [9.17, 15) is 4.79 Å². The van der Waals surface area contributed by atoms with Crippen LogP contribution in [0, 0.1) is 0 Å². The Labute approximate surface area is 84.6 Å². The second kappa shape index (κ2) is 9.08. The number of aliphatic hydroxyl groups is 1. The summed E-state index contributed by atoms with van der Waals surface area (Å²) in [7, 11) is 1.87. The van der Waals surface area contributed by atoms with Crippen LogP contribution in [0.15, 0.2) is 0 Å². The number of likely N-dealkylation sites (N-methyl/N-ethyl adjacent to an activating group) is 1. The van der Waals surface area contributed by atoms with Gasteiger partial charge in [-0.15, -0.1) is 0 Å². The number of aliphatic hydroxyl groups excluding tert-OH is 1. The SMILES string of the molecule is CC(=O)CN(C)CCOCCOCO. The van der Waals surface area contributed by atoms with E-state index in [4.69, 9.17) is 9.84 Å². The molecule has 0 radical (unpaired) electrons. The molecule has 0 aromatic carbocycles. The summed E-state index contributed by atoms with van der Waals surface area (Å²) in [5, 5.41) is 8.29. The van der Waals surface area contributed by atoms with Crippen molar-refractivity contribution < 1.29 is 19.4 Å².